The number of rotatable bonds is 1. The van der Waals surface area contributed by atoms with Gasteiger partial charge in [-0.05, 0) is 18.2 Å². The van der Waals surface area contributed by atoms with Crippen molar-refractivity contribution in [2.24, 2.45) is 0 Å². The lowest BCUT2D eigenvalue weighted by atomic mass is 10.1. The third-order valence-electron chi connectivity index (χ3n) is 2.11. The first-order valence-electron chi connectivity index (χ1n) is 4.44. The van der Waals surface area contributed by atoms with Gasteiger partial charge in [-0.2, -0.15) is 0 Å². The van der Waals surface area contributed by atoms with Gasteiger partial charge in [-0.3, -0.25) is 0 Å². The lowest BCUT2D eigenvalue weighted by Crippen LogP contribution is -1.95. The number of nitrogen functional groups attached to an aromatic ring is 1. The van der Waals surface area contributed by atoms with Gasteiger partial charge in [-0.1, -0.05) is 29.3 Å². The zero-order valence-electron chi connectivity index (χ0n) is 8.05. The van der Waals surface area contributed by atoms with Crippen molar-refractivity contribution < 1.29 is 4.39 Å². The van der Waals surface area contributed by atoms with Crippen LogP contribution in [0.1, 0.15) is 0 Å². The zero-order chi connectivity index (χ0) is 11.7. The summed E-state index contributed by atoms with van der Waals surface area (Å²) >= 11 is 11.8. The van der Waals surface area contributed by atoms with E-state index in [0.29, 0.717) is 21.2 Å². The first kappa shape index (κ1) is 11.2. The molecule has 0 bridgehead atoms. The highest BCUT2D eigenvalue weighted by Gasteiger charge is 2.07. The second-order valence-electron chi connectivity index (χ2n) is 3.22. The first-order chi connectivity index (χ1) is 7.58. The van der Waals surface area contributed by atoms with E-state index in [1.807, 2.05) is 0 Å². The zero-order valence-corrected chi connectivity index (χ0v) is 9.56. The number of aromatic nitrogens is 1. The van der Waals surface area contributed by atoms with Gasteiger partial charge in [-0.15, -0.1) is 0 Å². The van der Waals surface area contributed by atoms with Crippen molar-refractivity contribution in [1.29, 1.82) is 0 Å². The van der Waals surface area contributed by atoms with Crippen LogP contribution in [0, 0.1) is 5.82 Å². The van der Waals surface area contributed by atoms with E-state index in [9.17, 15) is 4.39 Å². The van der Waals surface area contributed by atoms with Crippen molar-refractivity contribution in [3.63, 3.8) is 0 Å². The molecule has 0 aliphatic rings. The van der Waals surface area contributed by atoms with E-state index >= 15 is 0 Å². The van der Waals surface area contributed by atoms with Crippen LogP contribution in [0.2, 0.25) is 10.0 Å². The predicted octanol–water partition coefficient (Wildman–Crippen LogP) is 3.78. The van der Waals surface area contributed by atoms with Crippen LogP contribution in [-0.4, -0.2) is 4.98 Å². The fourth-order valence-electron chi connectivity index (χ4n) is 1.32. The maximum Gasteiger partial charge on any atom is 0.165 e. The van der Waals surface area contributed by atoms with Gasteiger partial charge >= 0.3 is 0 Å². The van der Waals surface area contributed by atoms with Gasteiger partial charge in [0, 0.05) is 27.4 Å². The summed E-state index contributed by atoms with van der Waals surface area (Å²) in [4.78, 5) is 3.73. The SMILES string of the molecule is Nc1ncc(-c2ccc(Cl)cc2Cl)cc1F. The first-order valence-corrected chi connectivity index (χ1v) is 5.20. The van der Waals surface area contributed by atoms with Crippen molar-refractivity contribution in [3.05, 3.63) is 46.3 Å². The maximum absolute atomic E-state index is 13.2. The van der Waals surface area contributed by atoms with Crippen LogP contribution in [0.25, 0.3) is 11.1 Å². The van der Waals surface area contributed by atoms with E-state index in [1.165, 1.54) is 12.3 Å². The molecule has 0 radical (unpaired) electrons. The van der Waals surface area contributed by atoms with Crippen molar-refractivity contribution in [2.45, 2.75) is 0 Å². The van der Waals surface area contributed by atoms with Gasteiger partial charge in [0.05, 0.1) is 0 Å². The Bertz CT molecular complexity index is 544. The minimum absolute atomic E-state index is 0.131. The van der Waals surface area contributed by atoms with Crippen LogP contribution in [-0.2, 0) is 0 Å². The lowest BCUT2D eigenvalue weighted by Gasteiger charge is -2.05. The number of anilines is 1. The summed E-state index contributed by atoms with van der Waals surface area (Å²) in [6, 6.07) is 6.26. The summed E-state index contributed by atoms with van der Waals surface area (Å²) in [5, 5.41) is 0.969. The largest absolute Gasteiger partial charge is 0.381 e. The highest BCUT2D eigenvalue weighted by Crippen LogP contribution is 2.30. The average molecular weight is 257 g/mol. The molecule has 1 aromatic heterocycles. The molecule has 82 valence electrons. The fourth-order valence-corrected chi connectivity index (χ4v) is 1.84. The summed E-state index contributed by atoms with van der Waals surface area (Å²) in [6.45, 7) is 0. The van der Waals surface area contributed by atoms with Gasteiger partial charge in [0.1, 0.15) is 0 Å². The van der Waals surface area contributed by atoms with Crippen LogP contribution in [0.3, 0.4) is 0 Å². The van der Waals surface area contributed by atoms with Crippen LogP contribution in [0.4, 0.5) is 10.2 Å². The number of benzene rings is 1. The molecule has 2 N–H and O–H groups in total. The predicted molar refractivity (Wildman–Crippen MR) is 64.1 cm³/mol. The molecule has 16 heavy (non-hydrogen) atoms. The van der Waals surface area contributed by atoms with E-state index < -0.39 is 5.82 Å². The molecule has 0 saturated heterocycles. The van der Waals surface area contributed by atoms with E-state index in [4.69, 9.17) is 28.9 Å². The highest BCUT2D eigenvalue weighted by atomic mass is 35.5. The van der Waals surface area contributed by atoms with E-state index in [-0.39, 0.29) is 5.82 Å². The monoisotopic (exact) mass is 256 g/mol. The third kappa shape index (κ3) is 2.10. The van der Waals surface area contributed by atoms with Gasteiger partial charge < -0.3 is 5.73 Å². The Morgan fingerprint density at radius 3 is 2.56 bits per heavy atom. The number of hydrogen-bond acceptors (Lipinski definition) is 2. The minimum atomic E-state index is -0.566. The minimum Gasteiger partial charge on any atom is -0.381 e. The van der Waals surface area contributed by atoms with Gasteiger partial charge in [0.25, 0.3) is 0 Å². The molecule has 0 spiro atoms. The fraction of sp³-hybridized carbons (Fsp3) is 0. The van der Waals surface area contributed by atoms with Gasteiger partial charge in [0.15, 0.2) is 11.6 Å². The molecule has 1 aromatic carbocycles. The van der Waals surface area contributed by atoms with Crippen molar-refractivity contribution in [1.82, 2.24) is 4.98 Å². The van der Waals surface area contributed by atoms with Crippen molar-refractivity contribution in [2.75, 3.05) is 5.73 Å². The highest BCUT2D eigenvalue weighted by molar-refractivity contribution is 6.36. The number of nitrogens with two attached hydrogens (primary N) is 1. The Hall–Kier alpha value is -1.32. The molecule has 2 rings (SSSR count). The Kier molecular flexibility index (Phi) is 2.99. The second kappa shape index (κ2) is 4.28. The summed E-state index contributed by atoms with van der Waals surface area (Å²) in [5.41, 5.74) is 6.52. The Balaban J connectivity index is 2.54. The molecule has 0 aliphatic carbocycles. The summed E-state index contributed by atoms with van der Waals surface area (Å²) < 4.78 is 13.2. The standard InChI is InChI=1S/C11H7Cl2FN2/c12-7-1-2-8(9(13)4-7)6-3-10(14)11(15)16-5-6/h1-5H,(H2,15,16). The lowest BCUT2D eigenvalue weighted by molar-refractivity contribution is 0.628. The molecule has 2 nitrogen and oxygen atoms in total. The number of hydrogen-bond donors (Lipinski definition) is 1. The summed E-state index contributed by atoms with van der Waals surface area (Å²) in [7, 11) is 0. The summed E-state index contributed by atoms with van der Waals surface area (Å²) in [6.07, 6.45) is 1.47. The number of pyridine rings is 1. The normalized spacial score (nSPS) is 10.4. The average Bonchev–Trinajstić information content (AvgIpc) is 2.22. The van der Waals surface area contributed by atoms with Crippen molar-refractivity contribution >= 4 is 29.0 Å². The van der Waals surface area contributed by atoms with Crippen molar-refractivity contribution in [3.8, 4) is 11.1 Å². The van der Waals surface area contributed by atoms with Crippen LogP contribution >= 0.6 is 23.2 Å². The van der Waals surface area contributed by atoms with Crippen LogP contribution in [0.15, 0.2) is 30.5 Å². The number of halogens is 3. The molecule has 0 atom stereocenters. The molecule has 0 fully saturated rings. The Morgan fingerprint density at radius 2 is 1.94 bits per heavy atom. The smallest absolute Gasteiger partial charge is 0.165 e. The molecule has 2 aromatic rings. The molecule has 0 amide bonds. The molecule has 0 unspecified atom stereocenters. The third-order valence-corrected chi connectivity index (χ3v) is 2.66. The molecule has 5 heteroatoms. The quantitative estimate of drug-likeness (QED) is 0.844. The maximum atomic E-state index is 13.2. The molecule has 0 saturated carbocycles. The Labute approximate surface area is 102 Å². The van der Waals surface area contributed by atoms with E-state index in [0.717, 1.165) is 0 Å². The topological polar surface area (TPSA) is 38.9 Å². The molecule has 1 heterocycles. The number of nitrogens with zero attached hydrogens (tertiary/aromatic N) is 1. The van der Waals surface area contributed by atoms with Crippen LogP contribution < -0.4 is 5.73 Å². The molecule has 0 aliphatic heterocycles. The van der Waals surface area contributed by atoms with Gasteiger partial charge in [-0.25, -0.2) is 9.37 Å². The Morgan fingerprint density at radius 1 is 1.19 bits per heavy atom. The van der Waals surface area contributed by atoms with Gasteiger partial charge in [0.2, 0.25) is 0 Å². The van der Waals surface area contributed by atoms with E-state index in [1.54, 1.807) is 18.2 Å². The second-order valence-corrected chi connectivity index (χ2v) is 4.06. The molecular formula is C11H7Cl2FN2. The summed E-state index contributed by atoms with van der Waals surface area (Å²) in [5.74, 6) is -0.697. The van der Waals surface area contributed by atoms with E-state index in [2.05, 4.69) is 4.98 Å². The van der Waals surface area contributed by atoms with Crippen LogP contribution in [0.5, 0.6) is 0 Å². The molecular weight excluding hydrogens is 250 g/mol.